The van der Waals surface area contributed by atoms with E-state index in [-0.39, 0.29) is 6.42 Å². The van der Waals surface area contributed by atoms with E-state index in [9.17, 15) is 10.2 Å². The first-order valence-electron chi connectivity index (χ1n) is 5.18. The molecule has 0 saturated heterocycles. The number of rotatable bonds is 4. The average Bonchev–Trinajstić information content (AvgIpc) is 2.18. The van der Waals surface area contributed by atoms with Gasteiger partial charge in [-0.15, -0.1) is 0 Å². The fourth-order valence-electron chi connectivity index (χ4n) is 1.18. The van der Waals surface area contributed by atoms with Crippen LogP contribution in [-0.4, -0.2) is 16.2 Å². The summed E-state index contributed by atoms with van der Waals surface area (Å²) in [6, 6.07) is 7.33. The van der Waals surface area contributed by atoms with Gasteiger partial charge in [0.15, 0.2) is 0 Å². The zero-order valence-electron chi connectivity index (χ0n) is 9.40. The van der Waals surface area contributed by atoms with E-state index in [1.165, 1.54) is 5.56 Å². The lowest BCUT2D eigenvalue weighted by Gasteiger charge is -2.21. The second-order valence-corrected chi connectivity index (χ2v) is 3.92. The molecular weight excluding hydrogens is 192 g/mol. The second kappa shape index (κ2) is 4.64. The van der Waals surface area contributed by atoms with Crippen LogP contribution < -0.4 is 4.74 Å². The van der Waals surface area contributed by atoms with Crippen molar-refractivity contribution < 1.29 is 14.9 Å². The number of hydrogen-bond acceptors (Lipinski definition) is 3. The molecule has 0 spiro atoms. The maximum Gasteiger partial charge on any atom is 0.321 e. The normalized spacial score (nSPS) is 11.9. The smallest absolute Gasteiger partial charge is 0.321 e. The van der Waals surface area contributed by atoms with Gasteiger partial charge in [-0.05, 0) is 23.6 Å². The van der Waals surface area contributed by atoms with Crippen LogP contribution in [0.3, 0.4) is 0 Å². The van der Waals surface area contributed by atoms with Crippen LogP contribution in [0.25, 0.3) is 0 Å². The molecule has 0 fully saturated rings. The van der Waals surface area contributed by atoms with Gasteiger partial charge in [-0.1, -0.05) is 32.9 Å². The molecule has 1 rings (SSSR count). The lowest BCUT2D eigenvalue weighted by Crippen LogP contribution is -2.34. The van der Waals surface area contributed by atoms with Crippen molar-refractivity contribution in [3.05, 3.63) is 29.8 Å². The van der Waals surface area contributed by atoms with Crippen molar-refractivity contribution >= 4 is 0 Å². The van der Waals surface area contributed by atoms with E-state index < -0.39 is 5.97 Å². The van der Waals surface area contributed by atoms with Crippen LogP contribution in [0.2, 0.25) is 0 Å². The van der Waals surface area contributed by atoms with Crippen molar-refractivity contribution in [2.24, 2.45) is 0 Å². The van der Waals surface area contributed by atoms with Crippen LogP contribution in [0.1, 0.15) is 38.7 Å². The summed E-state index contributed by atoms with van der Waals surface area (Å²) in [5.41, 5.74) is 1.19. The van der Waals surface area contributed by atoms with Crippen LogP contribution >= 0.6 is 0 Å². The molecule has 2 N–H and O–H groups in total. The van der Waals surface area contributed by atoms with Crippen LogP contribution in [0, 0.1) is 0 Å². The predicted molar refractivity (Wildman–Crippen MR) is 58.6 cm³/mol. The Bertz CT molecular complexity index is 301. The number of ether oxygens (including phenoxy) is 1. The van der Waals surface area contributed by atoms with E-state index in [2.05, 4.69) is 13.8 Å². The Kier molecular flexibility index (Phi) is 3.72. The minimum absolute atomic E-state index is 0.124. The third-order valence-electron chi connectivity index (χ3n) is 2.29. The molecule has 0 aliphatic carbocycles. The second-order valence-electron chi connectivity index (χ2n) is 3.92. The average molecular weight is 210 g/mol. The Morgan fingerprint density at radius 1 is 1.20 bits per heavy atom. The van der Waals surface area contributed by atoms with Gasteiger partial charge in [0.2, 0.25) is 0 Å². The van der Waals surface area contributed by atoms with E-state index in [1.54, 1.807) is 19.1 Å². The molecule has 0 unspecified atom stereocenters. The largest absolute Gasteiger partial charge is 0.439 e. The Balaban J connectivity index is 2.73. The summed E-state index contributed by atoms with van der Waals surface area (Å²) in [4.78, 5) is 0. The first kappa shape index (κ1) is 12.0. The van der Waals surface area contributed by atoms with Gasteiger partial charge >= 0.3 is 5.97 Å². The molecule has 3 heteroatoms. The molecule has 0 saturated carbocycles. The molecule has 1 aromatic rings. The molecule has 1 aromatic carbocycles. The molecule has 0 aromatic heterocycles. The molecule has 0 heterocycles. The third-order valence-corrected chi connectivity index (χ3v) is 2.29. The fourth-order valence-corrected chi connectivity index (χ4v) is 1.18. The molecule has 3 nitrogen and oxygen atoms in total. The SMILES string of the molecule is CCC(O)(O)Oc1ccc(C(C)C)cc1. The van der Waals surface area contributed by atoms with Gasteiger partial charge < -0.3 is 14.9 Å². The van der Waals surface area contributed by atoms with Gasteiger partial charge in [0.05, 0.1) is 0 Å². The summed E-state index contributed by atoms with van der Waals surface area (Å²) in [6.45, 7) is 5.84. The van der Waals surface area contributed by atoms with Crippen molar-refractivity contribution in [1.29, 1.82) is 0 Å². The van der Waals surface area contributed by atoms with E-state index in [4.69, 9.17) is 4.74 Å². The molecule has 0 bridgehead atoms. The lowest BCUT2D eigenvalue weighted by molar-refractivity contribution is -0.292. The molecule has 15 heavy (non-hydrogen) atoms. The zero-order valence-corrected chi connectivity index (χ0v) is 9.40. The van der Waals surface area contributed by atoms with Gasteiger partial charge in [0.25, 0.3) is 0 Å². The minimum Gasteiger partial charge on any atom is -0.439 e. The fraction of sp³-hybridized carbons (Fsp3) is 0.500. The van der Waals surface area contributed by atoms with Gasteiger partial charge in [-0.3, -0.25) is 0 Å². The summed E-state index contributed by atoms with van der Waals surface area (Å²) in [6.07, 6.45) is 0.124. The molecule has 0 aliphatic rings. The summed E-state index contributed by atoms with van der Waals surface area (Å²) in [7, 11) is 0. The molecule has 0 amide bonds. The van der Waals surface area contributed by atoms with Crippen LogP contribution in [0.5, 0.6) is 5.75 Å². The third kappa shape index (κ3) is 3.53. The number of benzene rings is 1. The number of aliphatic hydroxyl groups is 2. The van der Waals surface area contributed by atoms with E-state index in [0.717, 1.165) is 0 Å². The highest BCUT2D eigenvalue weighted by atomic mass is 16.8. The zero-order chi connectivity index (χ0) is 11.5. The van der Waals surface area contributed by atoms with Crippen molar-refractivity contribution in [2.45, 2.75) is 39.1 Å². The first-order valence-corrected chi connectivity index (χ1v) is 5.18. The number of hydrogen-bond donors (Lipinski definition) is 2. The highest BCUT2D eigenvalue weighted by Crippen LogP contribution is 2.21. The van der Waals surface area contributed by atoms with Crippen molar-refractivity contribution in [3.63, 3.8) is 0 Å². The molecular formula is C12H18O3. The van der Waals surface area contributed by atoms with Gasteiger partial charge in [-0.2, -0.15) is 0 Å². The van der Waals surface area contributed by atoms with Crippen molar-refractivity contribution in [2.75, 3.05) is 0 Å². The van der Waals surface area contributed by atoms with Crippen LogP contribution in [0.15, 0.2) is 24.3 Å². The van der Waals surface area contributed by atoms with Gasteiger partial charge in [-0.25, -0.2) is 0 Å². The Hall–Kier alpha value is -1.06. The molecule has 0 atom stereocenters. The van der Waals surface area contributed by atoms with Crippen LogP contribution in [-0.2, 0) is 0 Å². The highest BCUT2D eigenvalue weighted by Gasteiger charge is 2.22. The Morgan fingerprint density at radius 2 is 1.73 bits per heavy atom. The standard InChI is InChI=1S/C12H18O3/c1-4-12(13,14)15-11-7-5-10(6-8-11)9(2)3/h5-9,13-14H,4H2,1-3H3. The van der Waals surface area contributed by atoms with Gasteiger partial charge in [0, 0.05) is 6.42 Å². The maximum atomic E-state index is 9.29. The Morgan fingerprint density at radius 3 is 2.13 bits per heavy atom. The molecule has 0 aliphatic heterocycles. The molecule has 0 radical (unpaired) electrons. The quantitative estimate of drug-likeness (QED) is 0.749. The topological polar surface area (TPSA) is 49.7 Å². The lowest BCUT2D eigenvalue weighted by atomic mass is 10.0. The minimum atomic E-state index is -2.07. The maximum absolute atomic E-state index is 9.29. The predicted octanol–water partition coefficient (Wildman–Crippen LogP) is 2.24. The first-order chi connectivity index (χ1) is 6.94. The Labute approximate surface area is 90.3 Å². The molecule has 84 valence electrons. The van der Waals surface area contributed by atoms with Crippen LogP contribution in [0.4, 0.5) is 0 Å². The summed E-state index contributed by atoms with van der Waals surface area (Å²) in [5.74, 6) is -1.15. The highest BCUT2D eigenvalue weighted by molar-refractivity contribution is 5.29. The van der Waals surface area contributed by atoms with Crippen molar-refractivity contribution in [1.82, 2.24) is 0 Å². The van der Waals surface area contributed by atoms with E-state index >= 15 is 0 Å². The van der Waals surface area contributed by atoms with E-state index in [1.807, 2.05) is 12.1 Å². The monoisotopic (exact) mass is 210 g/mol. The summed E-state index contributed by atoms with van der Waals surface area (Å²) < 4.78 is 5.00. The van der Waals surface area contributed by atoms with Crippen molar-refractivity contribution in [3.8, 4) is 5.75 Å². The summed E-state index contributed by atoms with van der Waals surface area (Å²) in [5, 5.41) is 18.6. The summed E-state index contributed by atoms with van der Waals surface area (Å²) >= 11 is 0. The van der Waals surface area contributed by atoms with Gasteiger partial charge in [0.1, 0.15) is 5.75 Å². The van der Waals surface area contributed by atoms with E-state index in [0.29, 0.717) is 11.7 Å².